The van der Waals surface area contributed by atoms with Crippen LogP contribution in [0.15, 0.2) is 23.0 Å². The van der Waals surface area contributed by atoms with Crippen LogP contribution in [-0.2, 0) is 4.74 Å². The lowest BCUT2D eigenvalue weighted by Gasteiger charge is -2.29. The Balaban J connectivity index is 1.31. The molecule has 6 nitrogen and oxygen atoms in total. The molecule has 3 saturated heterocycles. The first-order chi connectivity index (χ1) is 12.6. The standard InChI is InChI=1S/C19H23N3O3S/c1-11-12(2)26-18(21-11)22-8-15-14(16-3-5-19(15,10-22)25-16)7-20-17(23)13-4-6-24-9-13/h4,6,9,14-16H,3,5,7-8,10H2,1-2H3,(H,20,23)/t14-,15+,16+,19+/m0/s1. The van der Waals surface area contributed by atoms with Crippen LogP contribution >= 0.6 is 11.3 Å². The van der Waals surface area contributed by atoms with Gasteiger partial charge in [0.2, 0.25) is 0 Å². The molecule has 138 valence electrons. The smallest absolute Gasteiger partial charge is 0.254 e. The zero-order valence-electron chi connectivity index (χ0n) is 15.0. The number of nitrogens with one attached hydrogen (secondary N) is 1. The van der Waals surface area contributed by atoms with Gasteiger partial charge in [0.15, 0.2) is 5.13 Å². The molecule has 1 spiro atoms. The minimum atomic E-state index is -0.0726. The largest absolute Gasteiger partial charge is 0.472 e. The van der Waals surface area contributed by atoms with Crippen LogP contribution in [0.5, 0.6) is 0 Å². The molecule has 0 aliphatic carbocycles. The molecule has 3 aliphatic heterocycles. The Bertz CT molecular complexity index is 814. The molecule has 0 saturated carbocycles. The van der Waals surface area contributed by atoms with Gasteiger partial charge >= 0.3 is 0 Å². The third kappa shape index (κ3) is 2.41. The number of furan rings is 1. The highest BCUT2D eigenvalue weighted by Crippen LogP contribution is 2.55. The van der Waals surface area contributed by atoms with Crippen LogP contribution in [0.3, 0.4) is 0 Å². The second-order valence-corrected chi connectivity index (χ2v) is 8.95. The molecule has 5 rings (SSSR count). The maximum absolute atomic E-state index is 12.3. The van der Waals surface area contributed by atoms with E-state index in [1.807, 2.05) is 0 Å². The molecule has 26 heavy (non-hydrogen) atoms. The summed E-state index contributed by atoms with van der Waals surface area (Å²) < 4.78 is 11.5. The van der Waals surface area contributed by atoms with Crippen molar-refractivity contribution in [1.29, 1.82) is 0 Å². The van der Waals surface area contributed by atoms with Crippen LogP contribution in [0.1, 0.15) is 33.8 Å². The first kappa shape index (κ1) is 16.3. The summed E-state index contributed by atoms with van der Waals surface area (Å²) in [5.41, 5.74) is 1.64. The number of carbonyl (C=O) groups is 1. The summed E-state index contributed by atoms with van der Waals surface area (Å²) >= 11 is 1.77. The van der Waals surface area contributed by atoms with E-state index in [0.29, 0.717) is 23.9 Å². The molecule has 3 fully saturated rings. The van der Waals surface area contributed by atoms with E-state index in [1.54, 1.807) is 17.4 Å². The van der Waals surface area contributed by atoms with Crippen molar-refractivity contribution in [2.24, 2.45) is 11.8 Å². The van der Waals surface area contributed by atoms with Gasteiger partial charge in [-0.25, -0.2) is 4.98 Å². The van der Waals surface area contributed by atoms with Crippen molar-refractivity contribution in [2.45, 2.75) is 38.4 Å². The zero-order chi connectivity index (χ0) is 17.9. The molecular weight excluding hydrogens is 350 g/mol. The van der Waals surface area contributed by atoms with Crippen molar-refractivity contribution >= 4 is 22.4 Å². The number of nitrogens with zero attached hydrogens (tertiary/aromatic N) is 2. The Morgan fingerprint density at radius 2 is 2.38 bits per heavy atom. The number of aryl methyl sites for hydroxylation is 2. The number of carbonyl (C=O) groups excluding carboxylic acids is 1. The fourth-order valence-electron chi connectivity index (χ4n) is 4.91. The van der Waals surface area contributed by atoms with Crippen molar-refractivity contribution in [3.63, 3.8) is 0 Å². The van der Waals surface area contributed by atoms with Crippen molar-refractivity contribution in [1.82, 2.24) is 10.3 Å². The number of thiazole rings is 1. The van der Waals surface area contributed by atoms with Gasteiger partial charge in [0, 0.05) is 36.3 Å². The van der Waals surface area contributed by atoms with E-state index in [-0.39, 0.29) is 17.6 Å². The number of hydrogen-bond donors (Lipinski definition) is 1. The summed E-state index contributed by atoms with van der Waals surface area (Å²) in [6, 6.07) is 1.69. The Morgan fingerprint density at radius 3 is 3.12 bits per heavy atom. The third-order valence-electron chi connectivity index (χ3n) is 6.35. The van der Waals surface area contributed by atoms with E-state index in [2.05, 4.69) is 24.1 Å². The minimum absolute atomic E-state index is 0.0524. The number of ether oxygens (including phenoxy) is 1. The van der Waals surface area contributed by atoms with E-state index in [4.69, 9.17) is 14.1 Å². The van der Waals surface area contributed by atoms with Gasteiger partial charge in [-0.3, -0.25) is 4.79 Å². The monoisotopic (exact) mass is 373 g/mol. The van der Waals surface area contributed by atoms with Crippen molar-refractivity contribution < 1.29 is 13.9 Å². The van der Waals surface area contributed by atoms with Crippen LogP contribution < -0.4 is 10.2 Å². The van der Waals surface area contributed by atoms with Crippen LogP contribution in [0.2, 0.25) is 0 Å². The summed E-state index contributed by atoms with van der Waals surface area (Å²) in [4.78, 5) is 20.7. The van der Waals surface area contributed by atoms with Crippen LogP contribution in [-0.4, -0.2) is 42.2 Å². The Hall–Kier alpha value is -1.86. The highest BCUT2D eigenvalue weighted by molar-refractivity contribution is 7.15. The lowest BCUT2D eigenvalue weighted by Crippen LogP contribution is -2.41. The average Bonchev–Trinajstić information content (AvgIpc) is 3.40. The minimum Gasteiger partial charge on any atom is -0.472 e. The molecule has 0 unspecified atom stereocenters. The molecule has 1 N–H and O–H groups in total. The number of fused-ring (bicyclic) bond motifs is 1. The topological polar surface area (TPSA) is 67.6 Å². The summed E-state index contributed by atoms with van der Waals surface area (Å²) in [5, 5.41) is 4.19. The van der Waals surface area contributed by atoms with E-state index in [9.17, 15) is 4.79 Å². The predicted octanol–water partition coefficient (Wildman–Crippen LogP) is 2.77. The van der Waals surface area contributed by atoms with Gasteiger partial charge in [-0.05, 0) is 32.8 Å². The quantitative estimate of drug-likeness (QED) is 0.893. The third-order valence-corrected chi connectivity index (χ3v) is 7.49. The maximum atomic E-state index is 12.3. The van der Waals surface area contributed by atoms with E-state index in [1.165, 1.54) is 17.4 Å². The fourth-order valence-corrected chi connectivity index (χ4v) is 5.82. The van der Waals surface area contributed by atoms with Crippen LogP contribution in [0.4, 0.5) is 5.13 Å². The molecule has 2 aromatic rings. The average molecular weight is 373 g/mol. The van der Waals surface area contributed by atoms with Crippen LogP contribution in [0.25, 0.3) is 0 Å². The molecule has 2 aromatic heterocycles. The van der Waals surface area contributed by atoms with Gasteiger partial charge < -0.3 is 19.4 Å². The summed E-state index contributed by atoms with van der Waals surface area (Å²) in [6.45, 7) is 6.75. The van der Waals surface area contributed by atoms with Gasteiger partial charge in [0.1, 0.15) is 6.26 Å². The lowest BCUT2D eigenvalue weighted by atomic mass is 9.73. The zero-order valence-corrected chi connectivity index (χ0v) is 15.8. The van der Waals surface area contributed by atoms with Gasteiger partial charge in [-0.15, -0.1) is 11.3 Å². The first-order valence-corrected chi connectivity index (χ1v) is 10.0. The molecule has 4 atom stereocenters. The molecule has 7 heteroatoms. The molecule has 5 heterocycles. The van der Waals surface area contributed by atoms with Gasteiger partial charge in [-0.2, -0.15) is 0 Å². The molecule has 1 amide bonds. The molecule has 0 radical (unpaired) electrons. The summed E-state index contributed by atoms with van der Waals surface area (Å²) in [6.07, 6.45) is 5.49. The second-order valence-electron chi connectivity index (χ2n) is 7.77. The first-order valence-electron chi connectivity index (χ1n) is 9.23. The highest BCUT2D eigenvalue weighted by Gasteiger charge is 2.63. The number of hydrogen-bond acceptors (Lipinski definition) is 6. The molecule has 3 aliphatic rings. The molecule has 0 aromatic carbocycles. The second kappa shape index (κ2) is 5.82. The fraction of sp³-hybridized carbons (Fsp3) is 0.579. The molecular formula is C19H23N3O3S. The van der Waals surface area contributed by atoms with Crippen LogP contribution in [0, 0.1) is 25.7 Å². The van der Waals surface area contributed by atoms with Gasteiger partial charge in [0.25, 0.3) is 5.91 Å². The highest BCUT2D eigenvalue weighted by atomic mass is 32.1. The number of anilines is 1. The predicted molar refractivity (Wildman–Crippen MR) is 98.7 cm³/mol. The van der Waals surface area contributed by atoms with Gasteiger partial charge in [-0.1, -0.05) is 0 Å². The number of aromatic nitrogens is 1. The van der Waals surface area contributed by atoms with E-state index < -0.39 is 0 Å². The van der Waals surface area contributed by atoms with Crippen molar-refractivity contribution in [3.8, 4) is 0 Å². The Morgan fingerprint density at radius 1 is 1.50 bits per heavy atom. The molecule has 2 bridgehead atoms. The number of amides is 1. The van der Waals surface area contributed by atoms with Crippen molar-refractivity contribution in [3.05, 3.63) is 34.7 Å². The summed E-state index contributed by atoms with van der Waals surface area (Å²) in [5.74, 6) is 0.749. The van der Waals surface area contributed by atoms with E-state index in [0.717, 1.165) is 36.8 Å². The SMILES string of the molecule is Cc1nc(N2C[C@@H]3[C@H](CNC(=O)c4ccoc4)[C@H]4CC[C@]3(C2)O4)sc1C. The van der Waals surface area contributed by atoms with Gasteiger partial charge in [0.05, 0.1) is 29.2 Å². The summed E-state index contributed by atoms with van der Waals surface area (Å²) in [7, 11) is 0. The Kier molecular flexibility index (Phi) is 3.66. The maximum Gasteiger partial charge on any atom is 0.254 e. The lowest BCUT2D eigenvalue weighted by molar-refractivity contribution is 0.0141. The van der Waals surface area contributed by atoms with E-state index >= 15 is 0 Å². The van der Waals surface area contributed by atoms with Crippen molar-refractivity contribution in [2.75, 3.05) is 24.5 Å². The number of rotatable bonds is 4. The normalized spacial score (nSPS) is 32.2. The Labute approximate surface area is 156 Å².